The van der Waals surface area contributed by atoms with E-state index in [9.17, 15) is 19.0 Å². The van der Waals surface area contributed by atoms with Gasteiger partial charge in [-0.3, -0.25) is 4.79 Å². The molecule has 2 atom stereocenters. The van der Waals surface area contributed by atoms with Crippen LogP contribution in [0.1, 0.15) is 12.5 Å². The van der Waals surface area contributed by atoms with Gasteiger partial charge in [0.15, 0.2) is 0 Å². The molecule has 2 N–H and O–H groups in total. The Balaban J connectivity index is 2.99. The van der Waals surface area contributed by atoms with E-state index >= 15 is 0 Å². The van der Waals surface area contributed by atoms with Gasteiger partial charge in [0.25, 0.3) is 0 Å². The monoisotopic (exact) mass is 271 g/mol. The molecule has 1 aromatic rings. The predicted molar refractivity (Wildman–Crippen MR) is 63.4 cm³/mol. The average molecular weight is 271 g/mol. The highest BCUT2D eigenvalue weighted by Gasteiger charge is 2.33. The Bertz CT molecular complexity index is 464. The fourth-order valence-electron chi connectivity index (χ4n) is 1.61. The van der Waals surface area contributed by atoms with Crippen molar-refractivity contribution in [2.75, 3.05) is 0 Å². The number of carboxylic acid groups (broad SMARTS) is 1. The van der Waals surface area contributed by atoms with Gasteiger partial charge in [0.05, 0.1) is 6.10 Å². The Kier molecular flexibility index (Phi) is 5.22. The van der Waals surface area contributed by atoms with Crippen LogP contribution < -0.4 is 0 Å². The molecule has 0 aliphatic rings. The van der Waals surface area contributed by atoms with Gasteiger partial charge in [-0.15, -0.1) is 0 Å². The van der Waals surface area contributed by atoms with Gasteiger partial charge in [0.2, 0.25) is 0 Å². The van der Waals surface area contributed by atoms with Crippen molar-refractivity contribution < 1.29 is 24.1 Å². The number of nitrogens with zero attached hydrogens (tertiary/aromatic N) is 1. The number of aliphatic hydroxyl groups excluding tert-OH is 1. The van der Waals surface area contributed by atoms with Crippen LogP contribution in [-0.4, -0.2) is 33.0 Å². The Hall–Kier alpha value is -1.49. The van der Waals surface area contributed by atoms with Gasteiger partial charge in [-0.05, 0) is 12.5 Å². The summed E-state index contributed by atoms with van der Waals surface area (Å²) in [5.74, 6) is -1.37. The van der Waals surface area contributed by atoms with E-state index in [0.717, 1.165) is 4.67 Å². The molecule has 0 amide bonds. The summed E-state index contributed by atoms with van der Waals surface area (Å²) in [6.07, 6.45) is -1.29. The van der Waals surface area contributed by atoms with E-state index in [1.807, 2.05) is 0 Å². The number of hydrogen-bond donors (Lipinski definition) is 2. The van der Waals surface area contributed by atoms with Crippen LogP contribution in [0.4, 0.5) is 0 Å². The minimum atomic E-state index is -3.10. The summed E-state index contributed by atoms with van der Waals surface area (Å²) >= 11 is 0. The van der Waals surface area contributed by atoms with E-state index in [4.69, 9.17) is 5.11 Å². The summed E-state index contributed by atoms with van der Waals surface area (Å²) in [5.41, 5.74) is 0.656. The molecule has 0 saturated heterocycles. The number of carbonyl (C=O) groups is 1. The van der Waals surface area contributed by atoms with E-state index in [-0.39, 0.29) is 6.54 Å². The number of hydrogen-bond acceptors (Lipinski definition) is 4. The van der Waals surface area contributed by atoms with E-state index in [1.54, 1.807) is 30.3 Å². The average Bonchev–Trinajstić information content (AvgIpc) is 2.28. The molecule has 0 aliphatic carbocycles. The van der Waals surface area contributed by atoms with Gasteiger partial charge in [-0.1, -0.05) is 30.3 Å². The normalized spacial score (nSPS) is 14.2. The zero-order valence-corrected chi connectivity index (χ0v) is 10.7. The van der Waals surface area contributed by atoms with Crippen molar-refractivity contribution in [2.24, 2.45) is 0 Å². The number of aliphatic hydroxyl groups is 1. The highest BCUT2D eigenvalue weighted by molar-refractivity contribution is 7.27. The molecule has 0 spiro atoms. The molecule has 0 radical (unpaired) electrons. The fraction of sp³-hybridized carbons (Fsp3) is 0.364. The van der Waals surface area contributed by atoms with Crippen molar-refractivity contribution in [3.8, 4) is 0 Å². The maximum absolute atomic E-state index is 11.1. The van der Waals surface area contributed by atoms with Crippen molar-refractivity contribution >= 4 is 13.8 Å². The highest BCUT2D eigenvalue weighted by Crippen LogP contribution is 2.23. The summed E-state index contributed by atoms with van der Waals surface area (Å²) in [6, 6.07) is 7.12. The Morgan fingerprint density at radius 2 is 1.89 bits per heavy atom. The number of aliphatic carboxylic acids is 1. The largest absolute Gasteiger partial charge is 0.480 e. The third-order valence-electron chi connectivity index (χ3n) is 2.43. The molecular formula is C11H14NO5P. The number of carboxylic acids is 1. The molecule has 0 bridgehead atoms. The van der Waals surface area contributed by atoms with E-state index < -0.39 is 25.9 Å². The lowest BCUT2D eigenvalue weighted by molar-refractivity contribution is -0.145. The maximum atomic E-state index is 11.1. The van der Waals surface area contributed by atoms with Gasteiger partial charge in [-0.25, -0.2) is 9.13 Å². The van der Waals surface area contributed by atoms with Crippen molar-refractivity contribution in [3.63, 3.8) is 0 Å². The second-order valence-corrected chi connectivity index (χ2v) is 4.83. The fourth-order valence-corrected chi connectivity index (χ4v) is 2.38. The van der Waals surface area contributed by atoms with Crippen LogP contribution in [0, 0.1) is 0 Å². The summed E-state index contributed by atoms with van der Waals surface area (Å²) in [6.45, 7) is 1.16. The molecule has 0 aliphatic heterocycles. The molecule has 98 valence electrons. The van der Waals surface area contributed by atoms with Gasteiger partial charge in [0, 0.05) is 6.54 Å². The molecule has 0 fully saturated rings. The quantitative estimate of drug-likeness (QED) is 0.759. The predicted octanol–water partition coefficient (Wildman–Crippen LogP) is 1.41. The molecule has 0 heterocycles. The van der Waals surface area contributed by atoms with Gasteiger partial charge < -0.3 is 10.2 Å². The standard InChI is InChI=1S/C11H14NO5P/c1-8(13)10(11(14)15)12(18(16)17)7-9-5-3-2-4-6-9/h2-6,8,10,13H,7H2,1H3,(H,14,15). The van der Waals surface area contributed by atoms with Crippen LogP contribution in [0.5, 0.6) is 0 Å². The summed E-state index contributed by atoms with van der Waals surface area (Å²) in [4.78, 5) is 11.0. The summed E-state index contributed by atoms with van der Waals surface area (Å²) in [5, 5.41) is 18.4. The minimum absolute atomic E-state index is 0.0819. The molecule has 1 rings (SSSR count). The third kappa shape index (κ3) is 3.77. The van der Waals surface area contributed by atoms with Crippen LogP contribution in [0.15, 0.2) is 30.3 Å². The molecule has 0 saturated carbocycles. The second kappa shape index (κ2) is 6.44. The Labute approximate surface area is 105 Å². The lowest BCUT2D eigenvalue weighted by Gasteiger charge is -2.23. The SMILES string of the molecule is CC(O)C(C(=O)O)N(Cc1ccccc1)P(=O)=O. The molecule has 7 heteroatoms. The number of rotatable bonds is 6. The topological polar surface area (TPSA) is 94.9 Å². The van der Waals surface area contributed by atoms with Gasteiger partial charge in [0.1, 0.15) is 6.04 Å². The Morgan fingerprint density at radius 3 is 2.28 bits per heavy atom. The minimum Gasteiger partial charge on any atom is -0.480 e. The number of benzene rings is 1. The Morgan fingerprint density at radius 1 is 1.33 bits per heavy atom. The maximum Gasteiger partial charge on any atom is 0.399 e. The summed E-state index contributed by atoms with van der Waals surface area (Å²) < 4.78 is 23.0. The molecule has 0 aromatic heterocycles. The van der Waals surface area contributed by atoms with E-state index in [2.05, 4.69) is 0 Å². The van der Waals surface area contributed by atoms with Crippen molar-refractivity contribution in [1.82, 2.24) is 4.67 Å². The van der Waals surface area contributed by atoms with Crippen LogP contribution >= 0.6 is 7.83 Å². The van der Waals surface area contributed by atoms with Gasteiger partial charge >= 0.3 is 13.8 Å². The molecule has 2 unspecified atom stereocenters. The first-order valence-corrected chi connectivity index (χ1v) is 6.42. The highest BCUT2D eigenvalue weighted by atomic mass is 31.1. The van der Waals surface area contributed by atoms with Crippen molar-refractivity contribution in [1.29, 1.82) is 0 Å². The molecule has 6 nitrogen and oxygen atoms in total. The van der Waals surface area contributed by atoms with Crippen molar-refractivity contribution in [2.45, 2.75) is 25.6 Å². The molecular weight excluding hydrogens is 257 g/mol. The van der Waals surface area contributed by atoms with E-state index in [1.165, 1.54) is 6.92 Å². The smallest absolute Gasteiger partial charge is 0.399 e. The molecule has 18 heavy (non-hydrogen) atoms. The van der Waals surface area contributed by atoms with Crippen LogP contribution in [0.25, 0.3) is 0 Å². The first-order chi connectivity index (χ1) is 8.43. The van der Waals surface area contributed by atoms with Crippen LogP contribution in [0.3, 0.4) is 0 Å². The first kappa shape index (κ1) is 14.6. The van der Waals surface area contributed by atoms with Crippen LogP contribution in [0.2, 0.25) is 0 Å². The third-order valence-corrected chi connectivity index (χ3v) is 3.24. The lowest BCUT2D eigenvalue weighted by Crippen LogP contribution is -2.43. The second-order valence-electron chi connectivity index (χ2n) is 3.84. The van der Waals surface area contributed by atoms with E-state index in [0.29, 0.717) is 5.56 Å². The van der Waals surface area contributed by atoms with Crippen LogP contribution in [-0.2, 0) is 20.5 Å². The lowest BCUT2D eigenvalue weighted by atomic mass is 10.1. The molecule has 1 aromatic carbocycles. The zero-order valence-electron chi connectivity index (χ0n) is 9.76. The first-order valence-electron chi connectivity index (χ1n) is 5.29. The van der Waals surface area contributed by atoms with Crippen molar-refractivity contribution in [3.05, 3.63) is 35.9 Å². The summed E-state index contributed by atoms with van der Waals surface area (Å²) in [7, 11) is -3.10. The zero-order chi connectivity index (χ0) is 13.7. The van der Waals surface area contributed by atoms with Gasteiger partial charge in [-0.2, -0.15) is 4.67 Å².